The van der Waals surface area contributed by atoms with E-state index in [4.69, 9.17) is 0 Å². The maximum atomic E-state index is 3.53. The normalized spacial score (nSPS) is 24.7. The van der Waals surface area contributed by atoms with Crippen LogP contribution >= 0.6 is 0 Å². The van der Waals surface area contributed by atoms with Gasteiger partial charge in [-0.1, -0.05) is 30.7 Å². The molecule has 0 amide bonds. The molecule has 1 atom stereocenters. The number of likely N-dealkylation sites (tertiary alicyclic amines) is 1. The van der Waals surface area contributed by atoms with Gasteiger partial charge in [-0.3, -0.25) is 4.90 Å². The lowest BCUT2D eigenvalue weighted by Crippen LogP contribution is -2.31. The zero-order chi connectivity index (χ0) is 13.6. The fourth-order valence-corrected chi connectivity index (χ4v) is 3.66. The number of benzene rings is 1. The van der Waals surface area contributed by atoms with E-state index in [0.29, 0.717) is 0 Å². The van der Waals surface area contributed by atoms with Crippen molar-refractivity contribution in [2.75, 3.05) is 26.2 Å². The molecular weight excluding hydrogens is 244 g/mol. The predicted octanol–water partition coefficient (Wildman–Crippen LogP) is 3.21. The van der Waals surface area contributed by atoms with Crippen LogP contribution in [0.4, 0.5) is 0 Å². The Hall–Kier alpha value is -0.860. The van der Waals surface area contributed by atoms with Crippen molar-refractivity contribution in [2.45, 2.75) is 45.1 Å². The summed E-state index contributed by atoms with van der Waals surface area (Å²) < 4.78 is 0. The Bertz CT molecular complexity index is 368. The molecular formula is C18H28N2. The van der Waals surface area contributed by atoms with Crippen LogP contribution in [-0.4, -0.2) is 31.1 Å². The Morgan fingerprint density at radius 1 is 1.05 bits per heavy atom. The Morgan fingerprint density at radius 2 is 1.90 bits per heavy atom. The van der Waals surface area contributed by atoms with Crippen LogP contribution in [0.15, 0.2) is 24.3 Å². The highest BCUT2D eigenvalue weighted by atomic mass is 15.1. The van der Waals surface area contributed by atoms with Crippen molar-refractivity contribution in [3.8, 4) is 0 Å². The number of nitrogens with one attached hydrogen (secondary N) is 1. The fraction of sp³-hybridized carbons (Fsp3) is 0.667. The Kier molecular flexibility index (Phi) is 5.10. The largest absolute Gasteiger partial charge is 0.316 e. The molecule has 1 N–H and O–H groups in total. The SMILES string of the molecule is c1cc(CC2CCCNC2)cc(CN2CCCCC2)c1. The maximum absolute atomic E-state index is 3.53. The molecule has 2 aliphatic heterocycles. The van der Waals surface area contributed by atoms with Gasteiger partial charge in [0.2, 0.25) is 0 Å². The van der Waals surface area contributed by atoms with Crippen molar-refractivity contribution in [1.82, 2.24) is 10.2 Å². The lowest BCUT2D eigenvalue weighted by molar-refractivity contribution is 0.221. The van der Waals surface area contributed by atoms with Crippen LogP contribution in [0.5, 0.6) is 0 Å². The molecule has 2 heterocycles. The molecule has 3 rings (SSSR count). The molecule has 2 nitrogen and oxygen atoms in total. The first kappa shape index (κ1) is 14.1. The summed E-state index contributed by atoms with van der Waals surface area (Å²) in [6.07, 6.45) is 8.18. The van der Waals surface area contributed by atoms with Gasteiger partial charge in [0.1, 0.15) is 0 Å². The van der Waals surface area contributed by atoms with E-state index in [2.05, 4.69) is 34.5 Å². The van der Waals surface area contributed by atoms with Gasteiger partial charge in [-0.05, 0) is 75.3 Å². The minimum Gasteiger partial charge on any atom is -0.316 e. The number of nitrogens with zero attached hydrogens (tertiary/aromatic N) is 1. The van der Waals surface area contributed by atoms with E-state index in [1.54, 1.807) is 0 Å². The second-order valence-corrected chi connectivity index (χ2v) is 6.57. The molecule has 0 radical (unpaired) electrons. The molecule has 0 saturated carbocycles. The van der Waals surface area contributed by atoms with Gasteiger partial charge in [-0.25, -0.2) is 0 Å². The standard InChI is InChI=1S/C18H28N2/c1-2-10-20(11-3-1)15-18-7-4-6-16(13-18)12-17-8-5-9-19-14-17/h4,6-7,13,17,19H,1-3,5,8-12,14-15H2. The van der Waals surface area contributed by atoms with Crippen molar-refractivity contribution in [2.24, 2.45) is 5.92 Å². The first-order valence-electron chi connectivity index (χ1n) is 8.41. The topological polar surface area (TPSA) is 15.3 Å². The van der Waals surface area contributed by atoms with Crippen LogP contribution in [0.2, 0.25) is 0 Å². The highest BCUT2D eigenvalue weighted by molar-refractivity contribution is 5.24. The van der Waals surface area contributed by atoms with Crippen molar-refractivity contribution in [3.63, 3.8) is 0 Å². The summed E-state index contributed by atoms with van der Waals surface area (Å²) in [6.45, 7) is 6.14. The van der Waals surface area contributed by atoms with Crippen molar-refractivity contribution < 1.29 is 0 Å². The Balaban J connectivity index is 1.57. The molecule has 2 heteroatoms. The number of piperidine rings is 2. The molecule has 20 heavy (non-hydrogen) atoms. The van der Waals surface area contributed by atoms with E-state index in [1.165, 1.54) is 75.8 Å². The first-order chi connectivity index (χ1) is 9.90. The number of hydrogen-bond donors (Lipinski definition) is 1. The van der Waals surface area contributed by atoms with E-state index in [0.717, 1.165) is 12.5 Å². The molecule has 2 saturated heterocycles. The molecule has 110 valence electrons. The number of hydrogen-bond acceptors (Lipinski definition) is 2. The minimum atomic E-state index is 0.842. The van der Waals surface area contributed by atoms with Crippen LogP contribution in [0.25, 0.3) is 0 Å². The van der Waals surface area contributed by atoms with Crippen molar-refractivity contribution >= 4 is 0 Å². The Morgan fingerprint density at radius 3 is 2.70 bits per heavy atom. The fourth-order valence-electron chi connectivity index (χ4n) is 3.66. The summed E-state index contributed by atoms with van der Waals surface area (Å²) >= 11 is 0. The zero-order valence-corrected chi connectivity index (χ0v) is 12.6. The van der Waals surface area contributed by atoms with Gasteiger partial charge in [0, 0.05) is 6.54 Å². The quantitative estimate of drug-likeness (QED) is 0.905. The summed E-state index contributed by atoms with van der Waals surface area (Å²) in [4.78, 5) is 2.62. The first-order valence-corrected chi connectivity index (χ1v) is 8.41. The average molecular weight is 272 g/mol. The summed E-state index contributed by atoms with van der Waals surface area (Å²) in [5.41, 5.74) is 3.04. The average Bonchev–Trinajstić information content (AvgIpc) is 2.50. The minimum absolute atomic E-state index is 0.842. The van der Waals surface area contributed by atoms with Crippen LogP contribution < -0.4 is 5.32 Å². The third-order valence-corrected chi connectivity index (χ3v) is 4.77. The van der Waals surface area contributed by atoms with E-state index in [9.17, 15) is 0 Å². The van der Waals surface area contributed by atoms with Gasteiger partial charge in [-0.15, -0.1) is 0 Å². The van der Waals surface area contributed by atoms with Crippen LogP contribution in [0.3, 0.4) is 0 Å². The lowest BCUT2D eigenvalue weighted by Gasteiger charge is -2.27. The molecule has 1 unspecified atom stereocenters. The predicted molar refractivity (Wildman–Crippen MR) is 84.9 cm³/mol. The van der Waals surface area contributed by atoms with Gasteiger partial charge in [-0.2, -0.15) is 0 Å². The van der Waals surface area contributed by atoms with Gasteiger partial charge in [0.25, 0.3) is 0 Å². The highest BCUT2D eigenvalue weighted by Crippen LogP contribution is 2.19. The second kappa shape index (κ2) is 7.24. The molecule has 1 aromatic carbocycles. The third kappa shape index (κ3) is 4.07. The summed E-state index contributed by atoms with van der Waals surface area (Å²) in [5.74, 6) is 0.842. The Labute approximate surface area is 123 Å². The van der Waals surface area contributed by atoms with Crippen molar-refractivity contribution in [1.29, 1.82) is 0 Å². The van der Waals surface area contributed by atoms with E-state index < -0.39 is 0 Å². The molecule has 2 fully saturated rings. The molecule has 0 bridgehead atoms. The van der Waals surface area contributed by atoms with Gasteiger partial charge >= 0.3 is 0 Å². The maximum Gasteiger partial charge on any atom is 0.0233 e. The number of rotatable bonds is 4. The highest BCUT2D eigenvalue weighted by Gasteiger charge is 2.14. The smallest absolute Gasteiger partial charge is 0.0233 e. The van der Waals surface area contributed by atoms with E-state index >= 15 is 0 Å². The third-order valence-electron chi connectivity index (χ3n) is 4.77. The summed E-state index contributed by atoms with van der Waals surface area (Å²) in [7, 11) is 0. The molecule has 0 aromatic heterocycles. The lowest BCUT2D eigenvalue weighted by atomic mass is 9.92. The summed E-state index contributed by atoms with van der Waals surface area (Å²) in [5, 5.41) is 3.53. The van der Waals surface area contributed by atoms with Crippen LogP contribution in [0, 0.1) is 5.92 Å². The second-order valence-electron chi connectivity index (χ2n) is 6.57. The van der Waals surface area contributed by atoms with Crippen LogP contribution in [0.1, 0.15) is 43.2 Å². The van der Waals surface area contributed by atoms with Gasteiger partial charge in [0.15, 0.2) is 0 Å². The van der Waals surface area contributed by atoms with Crippen LogP contribution in [-0.2, 0) is 13.0 Å². The summed E-state index contributed by atoms with van der Waals surface area (Å²) in [6, 6.07) is 9.32. The molecule has 1 aromatic rings. The van der Waals surface area contributed by atoms with Gasteiger partial charge in [0.05, 0.1) is 0 Å². The molecule has 2 aliphatic rings. The van der Waals surface area contributed by atoms with E-state index in [1.807, 2.05) is 0 Å². The van der Waals surface area contributed by atoms with E-state index in [-0.39, 0.29) is 0 Å². The monoisotopic (exact) mass is 272 g/mol. The van der Waals surface area contributed by atoms with Gasteiger partial charge < -0.3 is 5.32 Å². The van der Waals surface area contributed by atoms with Crippen molar-refractivity contribution in [3.05, 3.63) is 35.4 Å². The molecule has 0 aliphatic carbocycles. The zero-order valence-electron chi connectivity index (χ0n) is 12.6. The molecule has 0 spiro atoms.